The predicted octanol–water partition coefficient (Wildman–Crippen LogP) is 5.60. The fourth-order valence-corrected chi connectivity index (χ4v) is 3.77. The van der Waals surface area contributed by atoms with Gasteiger partial charge >= 0.3 is 6.18 Å². The molecule has 0 atom stereocenters. The van der Waals surface area contributed by atoms with Crippen LogP contribution >= 0.6 is 11.6 Å². The Hall–Kier alpha value is -2.35. The van der Waals surface area contributed by atoms with E-state index in [1.165, 1.54) is 6.20 Å². The van der Waals surface area contributed by atoms with Crippen LogP contribution < -0.4 is 10.6 Å². The fraction of sp³-hybridized carbons (Fsp3) is 0.429. The van der Waals surface area contributed by atoms with E-state index in [1.54, 1.807) is 13.0 Å². The van der Waals surface area contributed by atoms with E-state index in [4.69, 9.17) is 11.6 Å². The van der Waals surface area contributed by atoms with Crippen LogP contribution in [-0.4, -0.2) is 23.5 Å². The monoisotopic (exact) mass is 443 g/mol. The van der Waals surface area contributed by atoms with E-state index in [0.29, 0.717) is 18.0 Å². The number of halogens is 5. The molecular weight excluding hydrogens is 422 g/mol. The summed E-state index contributed by atoms with van der Waals surface area (Å²) in [6.07, 6.45) is 0.0464. The Morgan fingerprint density at radius 3 is 2.53 bits per heavy atom. The van der Waals surface area contributed by atoms with E-state index in [2.05, 4.69) is 15.6 Å². The van der Waals surface area contributed by atoms with Crippen LogP contribution in [0.1, 0.15) is 47.2 Å². The maximum Gasteiger partial charge on any atom is 0.416 e. The number of benzene rings is 1. The van der Waals surface area contributed by atoms with E-state index in [-0.39, 0.29) is 16.6 Å². The van der Waals surface area contributed by atoms with Gasteiger partial charge in [0.1, 0.15) is 0 Å². The number of rotatable bonds is 5. The third-order valence-corrected chi connectivity index (χ3v) is 5.66. The first-order valence-electron chi connectivity index (χ1n) is 9.67. The number of hydrogen-bond donors (Lipinski definition) is 2. The molecule has 1 fully saturated rings. The van der Waals surface area contributed by atoms with Crippen LogP contribution in [0.15, 0.2) is 30.5 Å². The average molecular weight is 444 g/mol. The molecule has 1 aliphatic rings. The first-order chi connectivity index (χ1) is 14.1. The topological polar surface area (TPSA) is 54.0 Å². The van der Waals surface area contributed by atoms with Gasteiger partial charge in [-0.3, -0.25) is 4.79 Å². The van der Waals surface area contributed by atoms with Crippen molar-refractivity contribution in [2.45, 2.75) is 44.8 Å². The highest BCUT2D eigenvalue weighted by molar-refractivity contribution is 6.33. The molecule has 0 radical (unpaired) electrons. The smallest absolute Gasteiger partial charge is 0.384 e. The van der Waals surface area contributed by atoms with Crippen LogP contribution in [0.3, 0.4) is 0 Å². The van der Waals surface area contributed by atoms with Crippen molar-refractivity contribution in [3.8, 4) is 0 Å². The number of aryl methyl sites for hydroxylation is 1. The van der Waals surface area contributed by atoms with E-state index in [9.17, 15) is 22.4 Å². The minimum Gasteiger partial charge on any atom is -0.384 e. The van der Waals surface area contributed by atoms with E-state index >= 15 is 0 Å². The second kappa shape index (κ2) is 9.20. The molecule has 2 aromatic rings. The molecule has 4 nitrogen and oxygen atoms in total. The number of carbonyl (C=O) groups is 1. The third-order valence-electron chi connectivity index (χ3n) is 5.33. The van der Waals surface area contributed by atoms with Gasteiger partial charge in [0.05, 0.1) is 28.0 Å². The minimum absolute atomic E-state index is 0.0124. The molecule has 1 aromatic carbocycles. The normalized spacial score (nSPS) is 19.4. The van der Waals surface area contributed by atoms with Gasteiger partial charge in [0.2, 0.25) is 5.95 Å². The van der Waals surface area contributed by atoms with Crippen molar-refractivity contribution in [2.75, 3.05) is 11.9 Å². The number of aromatic nitrogens is 1. The molecule has 0 bridgehead atoms. The molecule has 1 aliphatic carbocycles. The standard InChI is InChI=1S/C21H22ClF4N3O/c1-12-8-16(11-28-19(12)23)27-10-13-2-5-15(6-3-13)29-20(30)17-9-14(21(24,25)26)4-7-18(17)22/h4,7-9,11,13,15,27H,2-3,5-6,10H2,1H3,(H,29,30)/t13-,15-. The van der Waals surface area contributed by atoms with Crippen LogP contribution in [-0.2, 0) is 6.18 Å². The summed E-state index contributed by atoms with van der Waals surface area (Å²) >= 11 is 5.94. The molecule has 0 aliphatic heterocycles. The highest BCUT2D eigenvalue weighted by atomic mass is 35.5. The Bertz CT molecular complexity index is 912. The molecule has 30 heavy (non-hydrogen) atoms. The number of carbonyl (C=O) groups excluding carboxylic acids is 1. The number of amides is 1. The second-order valence-electron chi connectivity index (χ2n) is 7.60. The lowest BCUT2D eigenvalue weighted by Gasteiger charge is -2.29. The first kappa shape index (κ1) is 22.3. The van der Waals surface area contributed by atoms with Crippen molar-refractivity contribution in [3.05, 3.63) is 58.1 Å². The van der Waals surface area contributed by atoms with Crippen LogP contribution in [0.25, 0.3) is 0 Å². The molecule has 2 N–H and O–H groups in total. The molecule has 0 unspecified atom stereocenters. The first-order valence-corrected chi connectivity index (χ1v) is 10.0. The van der Waals surface area contributed by atoms with Gasteiger partial charge in [-0.15, -0.1) is 0 Å². The third kappa shape index (κ3) is 5.62. The van der Waals surface area contributed by atoms with Crippen molar-refractivity contribution in [3.63, 3.8) is 0 Å². The molecule has 1 aromatic heterocycles. The van der Waals surface area contributed by atoms with Crippen LogP contribution in [0.5, 0.6) is 0 Å². The zero-order valence-electron chi connectivity index (χ0n) is 16.3. The van der Waals surface area contributed by atoms with Gasteiger partial charge in [-0.05, 0) is 62.8 Å². The van der Waals surface area contributed by atoms with Crippen molar-refractivity contribution in [1.29, 1.82) is 0 Å². The summed E-state index contributed by atoms with van der Waals surface area (Å²) in [5, 5.41) is 6.04. The molecule has 162 valence electrons. The van der Waals surface area contributed by atoms with Crippen LogP contribution in [0.2, 0.25) is 5.02 Å². The van der Waals surface area contributed by atoms with Gasteiger partial charge in [-0.2, -0.15) is 17.6 Å². The van der Waals surface area contributed by atoms with Gasteiger partial charge in [-0.1, -0.05) is 11.6 Å². The maximum absolute atomic E-state index is 13.2. The molecule has 3 rings (SSSR count). The maximum atomic E-state index is 13.2. The van der Waals surface area contributed by atoms with Crippen LogP contribution in [0.4, 0.5) is 23.2 Å². The van der Waals surface area contributed by atoms with Crippen molar-refractivity contribution in [1.82, 2.24) is 10.3 Å². The van der Waals surface area contributed by atoms with Gasteiger partial charge in [0.15, 0.2) is 0 Å². The number of hydrogen-bond acceptors (Lipinski definition) is 3. The van der Waals surface area contributed by atoms with Gasteiger partial charge in [-0.25, -0.2) is 4.98 Å². The molecule has 1 amide bonds. The van der Waals surface area contributed by atoms with Crippen LogP contribution in [0, 0.1) is 18.8 Å². The predicted molar refractivity (Wildman–Crippen MR) is 107 cm³/mol. The molecule has 0 spiro atoms. The minimum atomic E-state index is -4.54. The lowest BCUT2D eigenvalue weighted by molar-refractivity contribution is -0.137. The summed E-state index contributed by atoms with van der Waals surface area (Å²) in [4.78, 5) is 16.1. The summed E-state index contributed by atoms with van der Waals surface area (Å²) in [7, 11) is 0. The largest absolute Gasteiger partial charge is 0.416 e. The van der Waals surface area contributed by atoms with Gasteiger partial charge < -0.3 is 10.6 Å². The SMILES string of the molecule is Cc1cc(NC[C@H]2CC[C@H](NC(=O)c3cc(C(F)(F)F)ccc3Cl)CC2)cnc1F. The Kier molecular flexibility index (Phi) is 6.85. The van der Waals surface area contributed by atoms with E-state index in [0.717, 1.165) is 49.6 Å². The van der Waals surface area contributed by atoms with Gasteiger partial charge in [0, 0.05) is 18.2 Å². The lowest BCUT2D eigenvalue weighted by Crippen LogP contribution is -2.38. The van der Waals surface area contributed by atoms with E-state index in [1.807, 2.05) is 0 Å². The average Bonchev–Trinajstić information content (AvgIpc) is 2.69. The number of nitrogens with zero attached hydrogens (tertiary/aromatic N) is 1. The molecule has 0 saturated heterocycles. The lowest BCUT2D eigenvalue weighted by atomic mass is 9.86. The summed E-state index contributed by atoms with van der Waals surface area (Å²) in [5.41, 5.74) is 0.148. The molecule has 1 saturated carbocycles. The Balaban J connectivity index is 1.51. The van der Waals surface area contributed by atoms with Crippen molar-refractivity contribution in [2.24, 2.45) is 5.92 Å². The molecule has 9 heteroatoms. The number of pyridine rings is 1. The zero-order chi connectivity index (χ0) is 21.9. The quantitative estimate of drug-likeness (QED) is 0.467. The zero-order valence-corrected chi connectivity index (χ0v) is 17.1. The highest BCUT2D eigenvalue weighted by Gasteiger charge is 2.32. The second-order valence-corrected chi connectivity index (χ2v) is 8.00. The summed E-state index contributed by atoms with van der Waals surface area (Å²) in [6, 6.07) is 4.32. The number of nitrogens with one attached hydrogen (secondary N) is 2. The molecular formula is C21H22ClF4N3O. The summed E-state index contributed by atoms with van der Waals surface area (Å²) in [6.45, 7) is 2.35. The number of anilines is 1. The van der Waals surface area contributed by atoms with Gasteiger partial charge in [0.25, 0.3) is 5.91 Å². The Labute approximate surface area is 177 Å². The summed E-state index contributed by atoms with van der Waals surface area (Å²) < 4.78 is 51.9. The fourth-order valence-electron chi connectivity index (χ4n) is 3.57. The Morgan fingerprint density at radius 1 is 1.20 bits per heavy atom. The van der Waals surface area contributed by atoms with Crippen molar-refractivity contribution < 1.29 is 22.4 Å². The Morgan fingerprint density at radius 2 is 1.90 bits per heavy atom. The highest BCUT2D eigenvalue weighted by Crippen LogP contribution is 2.32. The van der Waals surface area contributed by atoms with Crippen molar-refractivity contribution >= 4 is 23.2 Å². The summed E-state index contributed by atoms with van der Waals surface area (Å²) in [5.74, 6) is -0.709. The number of alkyl halides is 3. The molecule has 1 heterocycles. The van der Waals surface area contributed by atoms with E-state index < -0.39 is 23.6 Å².